The summed E-state index contributed by atoms with van der Waals surface area (Å²) in [4.78, 5) is 1.16. The first-order valence-electron chi connectivity index (χ1n) is 4.07. The third-order valence-electron chi connectivity index (χ3n) is 1.44. The van der Waals surface area contributed by atoms with Crippen LogP contribution in [0.1, 0.15) is 24.1 Å². The minimum atomic E-state index is 0.976. The SMILES string of the molecule is C=CCCCC#Cc1cccs1. The Morgan fingerprint density at radius 2 is 2.50 bits per heavy atom. The molecule has 1 rings (SSSR count). The summed E-state index contributed by atoms with van der Waals surface area (Å²) in [7, 11) is 0. The zero-order valence-electron chi connectivity index (χ0n) is 7.05. The van der Waals surface area contributed by atoms with Gasteiger partial charge in [-0.15, -0.1) is 17.9 Å². The molecular weight excluding hydrogens is 164 g/mol. The summed E-state index contributed by atoms with van der Waals surface area (Å²) >= 11 is 1.69. The van der Waals surface area contributed by atoms with Gasteiger partial charge in [0.25, 0.3) is 0 Å². The highest BCUT2D eigenvalue weighted by Gasteiger charge is 1.83. The Morgan fingerprint density at radius 3 is 3.17 bits per heavy atom. The fourth-order valence-electron chi connectivity index (χ4n) is 0.834. The van der Waals surface area contributed by atoms with Gasteiger partial charge in [0, 0.05) is 6.42 Å². The van der Waals surface area contributed by atoms with Gasteiger partial charge in [0.1, 0.15) is 0 Å². The topological polar surface area (TPSA) is 0 Å². The molecule has 0 nitrogen and oxygen atoms in total. The lowest BCUT2D eigenvalue weighted by Gasteiger charge is -1.84. The van der Waals surface area contributed by atoms with Crippen LogP contribution in [0, 0.1) is 11.8 Å². The summed E-state index contributed by atoms with van der Waals surface area (Å²) in [6, 6.07) is 4.07. The van der Waals surface area contributed by atoms with Crippen molar-refractivity contribution < 1.29 is 0 Å². The van der Waals surface area contributed by atoms with Crippen LogP contribution in [0.3, 0.4) is 0 Å². The molecule has 0 aliphatic heterocycles. The van der Waals surface area contributed by atoms with Crippen LogP contribution in [0.2, 0.25) is 0 Å². The zero-order valence-corrected chi connectivity index (χ0v) is 7.86. The molecule has 12 heavy (non-hydrogen) atoms. The third kappa shape index (κ3) is 3.41. The van der Waals surface area contributed by atoms with Crippen molar-refractivity contribution in [2.24, 2.45) is 0 Å². The molecule has 0 aromatic carbocycles. The fourth-order valence-corrected chi connectivity index (χ4v) is 1.43. The lowest BCUT2D eigenvalue weighted by Crippen LogP contribution is -1.68. The third-order valence-corrected chi connectivity index (χ3v) is 2.23. The highest BCUT2D eigenvalue weighted by atomic mass is 32.1. The first-order valence-corrected chi connectivity index (χ1v) is 4.94. The van der Waals surface area contributed by atoms with Crippen LogP contribution in [0.25, 0.3) is 0 Å². The zero-order chi connectivity index (χ0) is 8.65. The quantitative estimate of drug-likeness (QED) is 0.376. The highest BCUT2D eigenvalue weighted by molar-refractivity contribution is 7.10. The number of unbranched alkanes of at least 4 members (excludes halogenated alkanes) is 2. The molecule has 1 heteroatoms. The largest absolute Gasteiger partial charge is 0.135 e. The molecule has 0 saturated carbocycles. The summed E-state index contributed by atoms with van der Waals surface area (Å²) in [5, 5.41) is 2.05. The molecule has 62 valence electrons. The summed E-state index contributed by atoms with van der Waals surface area (Å²) in [5.41, 5.74) is 0. The van der Waals surface area contributed by atoms with Gasteiger partial charge in [-0.05, 0) is 24.3 Å². The first kappa shape index (κ1) is 9.09. The van der Waals surface area contributed by atoms with Gasteiger partial charge in [-0.3, -0.25) is 0 Å². The molecular formula is C11H12S. The maximum Gasteiger partial charge on any atom is 0.0768 e. The van der Waals surface area contributed by atoms with Gasteiger partial charge in [0.15, 0.2) is 0 Å². The second-order valence-corrected chi connectivity index (χ2v) is 3.41. The van der Waals surface area contributed by atoms with Crippen LogP contribution >= 0.6 is 11.3 Å². The van der Waals surface area contributed by atoms with E-state index >= 15 is 0 Å². The molecule has 0 atom stereocenters. The van der Waals surface area contributed by atoms with Crippen molar-refractivity contribution in [3.8, 4) is 11.8 Å². The van der Waals surface area contributed by atoms with E-state index in [0.29, 0.717) is 0 Å². The van der Waals surface area contributed by atoms with Crippen molar-refractivity contribution in [1.82, 2.24) is 0 Å². The Bertz CT molecular complexity index is 272. The van der Waals surface area contributed by atoms with Gasteiger partial charge in [-0.1, -0.05) is 24.0 Å². The Labute approximate surface area is 77.9 Å². The van der Waals surface area contributed by atoms with E-state index < -0.39 is 0 Å². The van der Waals surface area contributed by atoms with Crippen molar-refractivity contribution in [2.45, 2.75) is 19.3 Å². The van der Waals surface area contributed by atoms with Crippen molar-refractivity contribution in [1.29, 1.82) is 0 Å². The Balaban J connectivity index is 2.25. The van der Waals surface area contributed by atoms with Crippen LogP contribution in [-0.4, -0.2) is 0 Å². The average Bonchev–Trinajstić information content (AvgIpc) is 2.57. The van der Waals surface area contributed by atoms with E-state index in [1.807, 2.05) is 23.6 Å². The summed E-state index contributed by atoms with van der Waals surface area (Å²) < 4.78 is 0. The number of rotatable bonds is 3. The summed E-state index contributed by atoms with van der Waals surface area (Å²) in [6.07, 6.45) is 5.11. The molecule has 0 fully saturated rings. The highest BCUT2D eigenvalue weighted by Crippen LogP contribution is 2.05. The molecule has 0 spiro atoms. The summed E-state index contributed by atoms with van der Waals surface area (Å²) in [6.45, 7) is 3.66. The first-order chi connectivity index (χ1) is 5.93. The Kier molecular flexibility index (Phi) is 4.26. The Hall–Kier alpha value is -1.000. The lowest BCUT2D eigenvalue weighted by atomic mass is 10.2. The van der Waals surface area contributed by atoms with Crippen LogP contribution in [0.15, 0.2) is 30.2 Å². The molecule has 0 aliphatic rings. The predicted molar refractivity (Wildman–Crippen MR) is 55.2 cm³/mol. The number of hydrogen-bond donors (Lipinski definition) is 0. The second kappa shape index (κ2) is 5.62. The van der Waals surface area contributed by atoms with Crippen molar-refractivity contribution >= 4 is 11.3 Å². The van der Waals surface area contributed by atoms with E-state index in [1.54, 1.807) is 11.3 Å². The molecule has 0 N–H and O–H groups in total. The van der Waals surface area contributed by atoms with Crippen LogP contribution < -0.4 is 0 Å². The molecule has 0 unspecified atom stereocenters. The van der Waals surface area contributed by atoms with Gasteiger partial charge >= 0.3 is 0 Å². The molecule has 1 aromatic rings. The molecule has 0 aliphatic carbocycles. The average molecular weight is 176 g/mol. The van der Waals surface area contributed by atoms with E-state index in [9.17, 15) is 0 Å². The summed E-state index contributed by atoms with van der Waals surface area (Å²) in [5.74, 6) is 6.25. The van der Waals surface area contributed by atoms with Crippen LogP contribution in [0.4, 0.5) is 0 Å². The molecule has 0 saturated heterocycles. The number of hydrogen-bond acceptors (Lipinski definition) is 1. The van der Waals surface area contributed by atoms with Crippen molar-refractivity contribution in [3.05, 3.63) is 35.0 Å². The van der Waals surface area contributed by atoms with Gasteiger partial charge in [0.2, 0.25) is 0 Å². The van der Waals surface area contributed by atoms with Crippen molar-refractivity contribution in [2.75, 3.05) is 0 Å². The van der Waals surface area contributed by atoms with Gasteiger partial charge < -0.3 is 0 Å². The predicted octanol–water partition coefficient (Wildman–Crippen LogP) is 3.46. The molecule has 0 bridgehead atoms. The van der Waals surface area contributed by atoms with Crippen LogP contribution in [-0.2, 0) is 0 Å². The van der Waals surface area contributed by atoms with Gasteiger partial charge in [0.05, 0.1) is 4.88 Å². The van der Waals surface area contributed by atoms with E-state index in [2.05, 4.69) is 18.4 Å². The lowest BCUT2D eigenvalue weighted by molar-refractivity contribution is 0.887. The van der Waals surface area contributed by atoms with E-state index in [4.69, 9.17) is 0 Å². The van der Waals surface area contributed by atoms with Crippen molar-refractivity contribution in [3.63, 3.8) is 0 Å². The molecule has 1 heterocycles. The molecule has 0 radical (unpaired) electrons. The fraction of sp³-hybridized carbons (Fsp3) is 0.273. The van der Waals surface area contributed by atoms with Gasteiger partial charge in [-0.25, -0.2) is 0 Å². The number of thiophene rings is 1. The number of allylic oxidation sites excluding steroid dienone is 1. The Morgan fingerprint density at radius 1 is 1.58 bits per heavy atom. The maximum absolute atomic E-state index is 3.66. The van der Waals surface area contributed by atoms with E-state index in [-0.39, 0.29) is 0 Å². The second-order valence-electron chi connectivity index (χ2n) is 2.46. The smallest absolute Gasteiger partial charge is 0.0768 e. The van der Waals surface area contributed by atoms with E-state index in [0.717, 1.165) is 24.1 Å². The minimum Gasteiger partial charge on any atom is -0.135 e. The normalized spacial score (nSPS) is 8.67. The maximum atomic E-state index is 3.66. The minimum absolute atomic E-state index is 0.976. The standard InChI is InChI=1S/C11H12S/c1-2-3-4-5-6-8-11-9-7-10-12-11/h2,7,9-10H,1,3-5H2. The van der Waals surface area contributed by atoms with E-state index in [1.165, 1.54) is 0 Å². The van der Waals surface area contributed by atoms with Crippen LogP contribution in [0.5, 0.6) is 0 Å². The van der Waals surface area contributed by atoms with Gasteiger partial charge in [-0.2, -0.15) is 0 Å². The molecule has 0 amide bonds. The monoisotopic (exact) mass is 176 g/mol. The molecule has 1 aromatic heterocycles.